The quantitative estimate of drug-likeness (QED) is 0.406. The van der Waals surface area contributed by atoms with Crippen LogP contribution < -0.4 is 4.74 Å². The van der Waals surface area contributed by atoms with Gasteiger partial charge in [-0.05, 0) is 50.6 Å². The van der Waals surface area contributed by atoms with E-state index in [-0.39, 0.29) is 5.82 Å². The minimum absolute atomic E-state index is 0.273. The van der Waals surface area contributed by atoms with Crippen LogP contribution in [0.3, 0.4) is 0 Å². The van der Waals surface area contributed by atoms with E-state index in [9.17, 15) is 4.39 Å². The number of nitrogens with zero attached hydrogens (tertiary/aromatic N) is 6. The van der Waals surface area contributed by atoms with Gasteiger partial charge in [-0.25, -0.2) is 19.0 Å². The van der Waals surface area contributed by atoms with E-state index >= 15 is 0 Å². The molecule has 4 aromatic rings. The zero-order chi connectivity index (χ0) is 23.5. The van der Waals surface area contributed by atoms with Gasteiger partial charge >= 0.3 is 0 Å². The summed E-state index contributed by atoms with van der Waals surface area (Å²) >= 11 is 0. The van der Waals surface area contributed by atoms with E-state index < -0.39 is 0 Å². The molecular formula is C24H27FN6O2. The number of methoxy groups -OCH3 is 2. The van der Waals surface area contributed by atoms with Crippen LogP contribution in [-0.4, -0.2) is 50.4 Å². The molecule has 9 heteroatoms. The predicted molar refractivity (Wildman–Crippen MR) is 122 cm³/mol. The standard InChI is InChI=1S/C24H27FN6O2/c1-15-21(30(10-11-32-4)29-23(15)18-6-8-19(25)9-7-18)12-20-13-22(27-14-26-20)31-17(3)24(33-5)16(2)28-31/h6-9,13-14H,10-12H2,1-5H3. The molecule has 0 radical (unpaired) electrons. The fraction of sp³-hybridized carbons (Fsp3) is 0.333. The summed E-state index contributed by atoms with van der Waals surface area (Å²) in [7, 11) is 3.30. The van der Waals surface area contributed by atoms with Crippen molar-refractivity contribution in [3.8, 4) is 22.8 Å². The second-order valence-electron chi connectivity index (χ2n) is 7.80. The van der Waals surface area contributed by atoms with Crippen molar-refractivity contribution < 1.29 is 13.9 Å². The Balaban J connectivity index is 1.71. The average molecular weight is 451 g/mol. The van der Waals surface area contributed by atoms with Gasteiger partial charge in [-0.3, -0.25) is 4.68 Å². The van der Waals surface area contributed by atoms with Crippen LogP contribution in [0.5, 0.6) is 5.75 Å². The second kappa shape index (κ2) is 9.50. The van der Waals surface area contributed by atoms with Crippen molar-refractivity contribution in [2.75, 3.05) is 20.8 Å². The Morgan fingerprint density at radius 1 is 1.00 bits per heavy atom. The maximum absolute atomic E-state index is 13.4. The first-order chi connectivity index (χ1) is 15.9. The number of aromatic nitrogens is 6. The molecule has 0 amide bonds. The molecule has 0 atom stereocenters. The molecule has 0 unspecified atom stereocenters. The summed E-state index contributed by atoms with van der Waals surface area (Å²) < 4.78 is 27.9. The molecule has 172 valence electrons. The van der Waals surface area contributed by atoms with Gasteiger partial charge in [0.1, 0.15) is 17.8 Å². The monoisotopic (exact) mass is 450 g/mol. The van der Waals surface area contributed by atoms with E-state index in [0.717, 1.165) is 45.3 Å². The van der Waals surface area contributed by atoms with Crippen molar-refractivity contribution >= 4 is 0 Å². The summed E-state index contributed by atoms with van der Waals surface area (Å²) in [5.74, 6) is 1.14. The van der Waals surface area contributed by atoms with Crippen molar-refractivity contribution in [2.24, 2.45) is 0 Å². The third-order valence-corrected chi connectivity index (χ3v) is 5.65. The average Bonchev–Trinajstić information content (AvgIpc) is 3.28. The van der Waals surface area contributed by atoms with E-state index in [0.29, 0.717) is 25.4 Å². The van der Waals surface area contributed by atoms with Crippen molar-refractivity contribution in [2.45, 2.75) is 33.7 Å². The van der Waals surface area contributed by atoms with Crippen molar-refractivity contribution in [1.82, 2.24) is 29.5 Å². The zero-order valence-corrected chi connectivity index (χ0v) is 19.5. The van der Waals surface area contributed by atoms with Gasteiger partial charge in [0, 0.05) is 30.9 Å². The fourth-order valence-corrected chi connectivity index (χ4v) is 3.97. The smallest absolute Gasteiger partial charge is 0.163 e. The van der Waals surface area contributed by atoms with E-state index in [1.54, 1.807) is 37.4 Å². The lowest BCUT2D eigenvalue weighted by Gasteiger charge is -2.09. The number of rotatable bonds is 8. The Kier molecular flexibility index (Phi) is 6.50. The first-order valence-corrected chi connectivity index (χ1v) is 10.7. The normalized spacial score (nSPS) is 11.2. The van der Waals surface area contributed by atoms with Gasteiger partial charge in [0.25, 0.3) is 0 Å². The van der Waals surface area contributed by atoms with E-state index in [4.69, 9.17) is 14.6 Å². The van der Waals surface area contributed by atoms with E-state index in [2.05, 4.69) is 15.1 Å². The van der Waals surface area contributed by atoms with Crippen LogP contribution in [0.2, 0.25) is 0 Å². The SMILES string of the molecule is COCCn1nc(-c2ccc(F)cc2)c(C)c1Cc1cc(-n2nc(C)c(OC)c2C)ncn1. The minimum Gasteiger partial charge on any atom is -0.493 e. The van der Waals surface area contributed by atoms with Crippen LogP contribution in [0.15, 0.2) is 36.7 Å². The van der Waals surface area contributed by atoms with Gasteiger partial charge in [-0.15, -0.1) is 0 Å². The fourth-order valence-electron chi connectivity index (χ4n) is 3.97. The molecule has 0 saturated heterocycles. The summed E-state index contributed by atoms with van der Waals surface area (Å²) in [5, 5.41) is 9.36. The maximum atomic E-state index is 13.4. The van der Waals surface area contributed by atoms with Gasteiger partial charge in [0.2, 0.25) is 0 Å². The Hall–Kier alpha value is -3.59. The van der Waals surface area contributed by atoms with Gasteiger partial charge in [0.05, 0.1) is 37.3 Å². The topological polar surface area (TPSA) is 79.9 Å². The third-order valence-electron chi connectivity index (χ3n) is 5.65. The van der Waals surface area contributed by atoms with Gasteiger partial charge < -0.3 is 9.47 Å². The molecule has 3 aromatic heterocycles. The highest BCUT2D eigenvalue weighted by Crippen LogP contribution is 2.28. The summed E-state index contributed by atoms with van der Waals surface area (Å²) in [4.78, 5) is 8.90. The van der Waals surface area contributed by atoms with Gasteiger partial charge in [0.15, 0.2) is 11.6 Å². The lowest BCUT2D eigenvalue weighted by atomic mass is 10.0. The first kappa shape index (κ1) is 22.6. The van der Waals surface area contributed by atoms with Crippen LogP contribution >= 0.6 is 0 Å². The van der Waals surface area contributed by atoms with Crippen LogP contribution in [0.25, 0.3) is 17.1 Å². The third kappa shape index (κ3) is 4.49. The highest BCUT2D eigenvalue weighted by Gasteiger charge is 2.19. The number of hydrogen-bond acceptors (Lipinski definition) is 6. The molecular weight excluding hydrogens is 423 g/mol. The highest BCUT2D eigenvalue weighted by atomic mass is 19.1. The van der Waals surface area contributed by atoms with Crippen molar-refractivity contribution in [3.63, 3.8) is 0 Å². The van der Waals surface area contributed by atoms with Gasteiger partial charge in [-0.1, -0.05) is 0 Å². The number of hydrogen-bond donors (Lipinski definition) is 0. The molecule has 8 nitrogen and oxygen atoms in total. The van der Waals surface area contributed by atoms with Crippen molar-refractivity contribution in [1.29, 1.82) is 0 Å². The number of halogens is 1. The summed E-state index contributed by atoms with van der Waals surface area (Å²) in [6.07, 6.45) is 2.09. The molecule has 0 bridgehead atoms. The molecule has 1 aromatic carbocycles. The molecule has 0 fully saturated rings. The van der Waals surface area contributed by atoms with Gasteiger partial charge in [-0.2, -0.15) is 10.2 Å². The lowest BCUT2D eigenvalue weighted by molar-refractivity contribution is 0.182. The first-order valence-electron chi connectivity index (χ1n) is 10.7. The van der Waals surface area contributed by atoms with Crippen LogP contribution in [-0.2, 0) is 17.7 Å². The molecule has 33 heavy (non-hydrogen) atoms. The van der Waals surface area contributed by atoms with E-state index in [1.165, 1.54) is 12.1 Å². The number of benzene rings is 1. The van der Waals surface area contributed by atoms with E-state index in [1.807, 2.05) is 31.5 Å². The largest absolute Gasteiger partial charge is 0.493 e. The predicted octanol–water partition coefficient (Wildman–Crippen LogP) is 3.84. The molecule has 0 N–H and O–H groups in total. The minimum atomic E-state index is -0.273. The second-order valence-corrected chi connectivity index (χ2v) is 7.80. The molecule has 0 aliphatic rings. The van der Waals surface area contributed by atoms with Crippen LogP contribution in [0.1, 0.15) is 28.3 Å². The molecule has 0 aliphatic heterocycles. The number of ether oxygens (including phenoxy) is 2. The van der Waals surface area contributed by atoms with Crippen molar-refractivity contribution in [3.05, 3.63) is 70.8 Å². The molecule has 4 rings (SSSR count). The number of aryl methyl sites for hydroxylation is 1. The molecule has 0 aliphatic carbocycles. The maximum Gasteiger partial charge on any atom is 0.163 e. The Bertz CT molecular complexity index is 1260. The molecule has 0 spiro atoms. The Morgan fingerprint density at radius 3 is 2.42 bits per heavy atom. The molecule has 3 heterocycles. The Morgan fingerprint density at radius 2 is 1.76 bits per heavy atom. The summed E-state index contributed by atoms with van der Waals surface area (Å²) in [6.45, 7) is 7.00. The van der Waals surface area contributed by atoms with Crippen LogP contribution in [0.4, 0.5) is 4.39 Å². The highest BCUT2D eigenvalue weighted by molar-refractivity contribution is 5.64. The molecule has 0 saturated carbocycles. The summed E-state index contributed by atoms with van der Waals surface area (Å²) in [6, 6.07) is 8.30. The Labute approximate surface area is 192 Å². The summed E-state index contributed by atoms with van der Waals surface area (Å²) in [5.41, 5.74) is 6.22. The van der Waals surface area contributed by atoms with Crippen LogP contribution in [0, 0.1) is 26.6 Å². The zero-order valence-electron chi connectivity index (χ0n) is 19.5. The lowest BCUT2D eigenvalue weighted by Crippen LogP contribution is -2.11.